The lowest BCUT2D eigenvalue weighted by molar-refractivity contribution is 0.433. The summed E-state index contributed by atoms with van der Waals surface area (Å²) < 4.78 is 0. The van der Waals surface area contributed by atoms with E-state index in [2.05, 4.69) is 59.8 Å². The van der Waals surface area contributed by atoms with Crippen LogP contribution in [0, 0.1) is 11.8 Å². The van der Waals surface area contributed by atoms with E-state index in [0.717, 1.165) is 11.8 Å². The van der Waals surface area contributed by atoms with Crippen LogP contribution in [-0.4, -0.2) is 0 Å². The molecule has 1 aliphatic rings. The highest BCUT2D eigenvalue weighted by atomic mass is 14.2. The van der Waals surface area contributed by atoms with Crippen LogP contribution in [0.25, 0.3) is 0 Å². The Kier molecular flexibility index (Phi) is 26.4. The molecule has 0 amide bonds. The van der Waals surface area contributed by atoms with E-state index in [9.17, 15) is 0 Å². The Hall–Kier alpha value is -0.520. The molecule has 128 valence electrons. The average molecular weight is 297 g/mol. The first kappa shape index (κ1) is 25.4. The molecule has 1 rings (SSSR count). The predicted molar refractivity (Wildman–Crippen MR) is 103 cm³/mol. The first-order valence-corrected chi connectivity index (χ1v) is 9.29. The molecule has 0 radical (unpaired) electrons. The molecule has 0 bridgehead atoms. The molecule has 0 spiro atoms. The summed E-state index contributed by atoms with van der Waals surface area (Å²) in [5, 5.41) is 0. The topological polar surface area (TPSA) is 0 Å². The van der Waals surface area contributed by atoms with Gasteiger partial charge in [0.15, 0.2) is 0 Å². The van der Waals surface area contributed by atoms with Crippen molar-refractivity contribution in [3.8, 4) is 0 Å². The SMILES string of the molecule is CC.CC=C(C)C.CCC.CCC=CC(C)C1CCCC1. The Morgan fingerprint density at radius 2 is 1.43 bits per heavy atom. The highest BCUT2D eigenvalue weighted by molar-refractivity contribution is 4.90. The van der Waals surface area contributed by atoms with Crippen LogP contribution in [0.3, 0.4) is 0 Å². The van der Waals surface area contributed by atoms with Crippen LogP contribution in [0.4, 0.5) is 0 Å². The molecule has 0 aliphatic heterocycles. The van der Waals surface area contributed by atoms with E-state index < -0.39 is 0 Å². The van der Waals surface area contributed by atoms with Gasteiger partial charge in [0, 0.05) is 0 Å². The number of rotatable bonds is 3. The largest absolute Gasteiger partial charge is 0.0890 e. The zero-order valence-corrected chi connectivity index (χ0v) is 16.6. The molecule has 1 atom stereocenters. The van der Waals surface area contributed by atoms with Crippen LogP contribution >= 0.6 is 0 Å². The van der Waals surface area contributed by atoms with Crippen LogP contribution < -0.4 is 0 Å². The van der Waals surface area contributed by atoms with E-state index in [1.165, 1.54) is 44.1 Å². The smallest absolute Gasteiger partial charge is 0.0234 e. The molecule has 0 heteroatoms. The van der Waals surface area contributed by atoms with Gasteiger partial charge >= 0.3 is 0 Å². The van der Waals surface area contributed by atoms with E-state index in [1.807, 2.05) is 20.8 Å². The Morgan fingerprint density at radius 1 is 1.05 bits per heavy atom. The van der Waals surface area contributed by atoms with Gasteiger partial charge in [0.25, 0.3) is 0 Å². The van der Waals surface area contributed by atoms with Crippen molar-refractivity contribution < 1.29 is 0 Å². The van der Waals surface area contributed by atoms with Crippen molar-refractivity contribution in [2.75, 3.05) is 0 Å². The third kappa shape index (κ3) is 21.9. The zero-order valence-electron chi connectivity index (χ0n) is 16.6. The third-order valence-corrected chi connectivity index (χ3v) is 3.40. The fraction of sp³-hybridized carbons (Fsp3) is 0.810. The summed E-state index contributed by atoms with van der Waals surface area (Å²) in [5.41, 5.74) is 1.38. The third-order valence-electron chi connectivity index (χ3n) is 3.40. The van der Waals surface area contributed by atoms with Crippen molar-refractivity contribution in [2.45, 2.75) is 101 Å². The van der Waals surface area contributed by atoms with Gasteiger partial charge in [0.2, 0.25) is 0 Å². The van der Waals surface area contributed by atoms with Crippen LogP contribution in [0.2, 0.25) is 0 Å². The lowest BCUT2D eigenvalue weighted by atomic mass is 9.92. The molecule has 1 fully saturated rings. The first-order chi connectivity index (χ1) is 10.0. The molecule has 1 saturated carbocycles. The van der Waals surface area contributed by atoms with Crippen LogP contribution in [0.5, 0.6) is 0 Å². The van der Waals surface area contributed by atoms with Gasteiger partial charge in [0.05, 0.1) is 0 Å². The normalized spacial score (nSPS) is 14.9. The van der Waals surface area contributed by atoms with Crippen LogP contribution in [-0.2, 0) is 0 Å². The van der Waals surface area contributed by atoms with Crippen molar-refractivity contribution in [3.63, 3.8) is 0 Å². The molecule has 0 N–H and O–H groups in total. The molecule has 1 aliphatic carbocycles. The van der Waals surface area contributed by atoms with E-state index in [0.29, 0.717) is 0 Å². The monoisotopic (exact) mass is 296 g/mol. The van der Waals surface area contributed by atoms with Crippen LogP contribution in [0.15, 0.2) is 23.8 Å². The second kappa shape index (κ2) is 21.8. The maximum absolute atomic E-state index is 2.40. The van der Waals surface area contributed by atoms with E-state index in [-0.39, 0.29) is 0 Å². The summed E-state index contributed by atoms with van der Waals surface area (Å²) in [5.74, 6) is 1.83. The van der Waals surface area contributed by atoms with Gasteiger partial charge in [-0.05, 0) is 51.9 Å². The van der Waals surface area contributed by atoms with Gasteiger partial charge in [-0.3, -0.25) is 0 Å². The highest BCUT2D eigenvalue weighted by Gasteiger charge is 2.18. The molecule has 0 aromatic rings. The quantitative estimate of drug-likeness (QED) is 0.460. The lowest BCUT2D eigenvalue weighted by Crippen LogP contribution is -2.03. The minimum absolute atomic E-state index is 0.831. The molecule has 0 heterocycles. The standard InChI is InChI=1S/C11H20.C5H10.C3H8.C2H6/c1-3-4-7-10(2)11-8-5-6-9-11;1-4-5(2)3;1-3-2;1-2/h4,7,10-11H,3,5-6,8-9H2,1-2H3;4H,1-3H3;3H2,1-2H3;1-2H3. The second-order valence-electron chi connectivity index (χ2n) is 5.81. The van der Waals surface area contributed by atoms with Crippen LogP contribution in [0.1, 0.15) is 101 Å². The molecule has 0 aromatic heterocycles. The van der Waals surface area contributed by atoms with Gasteiger partial charge in [-0.25, -0.2) is 0 Å². The number of hydrogen-bond acceptors (Lipinski definition) is 0. The molecule has 1 unspecified atom stereocenters. The molecular formula is C21H44. The highest BCUT2D eigenvalue weighted by Crippen LogP contribution is 2.31. The summed E-state index contributed by atoms with van der Waals surface area (Å²) in [4.78, 5) is 0. The molecule has 0 nitrogen and oxygen atoms in total. The minimum atomic E-state index is 0.831. The number of hydrogen-bond donors (Lipinski definition) is 0. The lowest BCUT2D eigenvalue weighted by Gasteiger charge is -2.13. The van der Waals surface area contributed by atoms with Gasteiger partial charge in [-0.15, -0.1) is 0 Å². The minimum Gasteiger partial charge on any atom is -0.0890 e. The van der Waals surface area contributed by atoms with Gasteiger partial charge in [-0.2, -0.15) is 0 Å². The number of allylic oxidation sites excluding steroid dienone is 4. The molecular weight excluding hydrogens is 252 g/mol. The summed E-state index contributed by atoms with van der Waals surface area (Å²) >= 11 is 0. The summed E-state index contributed by atoms with van der Waals surface area (Å²) in [6.45, 7) is 19.0. The maximum Gasteiger partial charge on any atom is -0.0234 e. The van der Waals surface area contributed by atoms with E-state index in [1.54, 1.807) is 0 Å². The van der Waals surface area contributed by atoms with Crippen molar-refractivity contribution >= 4 is 0 Å². The fourth-order valence-corrected chi connectivity index (χ4v) is 1.99. The molecule has 21 heavy (non-hydrogen) atoms. The van der Waals surface area contributed by atoms with Gasteiger partial charge in [-0.1, -0.05) is 84.6 Å². The van der Waals surface area contributed by atoms with Crippen molar-refractivity contribution in [3.05, 3.63) is 23.8 Å². The van der Waals surface area contributed by atoms with E-state index in [4.69, 9.17) is 0 Å². The summed E-state index contributed by atoms with van der Waals surface area (Å²) in [6.07, 6.45) is 15.1. The van der Waals surface area contributed by atoms with Crippen molar-refractivity contribution in [1.82, 2.24) is 0 Å². The Balaban J connectivity index is -0.000000272. The Morgan fingerprint density at radius 3 is 1.71 bits per heavy atom. The summed E-state index contributed by atoms with van der Waals surface area (Å²) in [7, 11) is 0. The Bertz CT molecular complexity index is 212. The molecule has 0 aromatic carbocycles. The summed E-state index contributed by atoms with van der Waals surface area (Å²) in [6, 6.07) is 0. The van der Waals surface area contributed by atoms with E-state index >= 15 is 0 Å². The maximum atomic E-state index is 2.40. The van der Waals surface area contributed by atoms with Gasteiger partial charge in [0.1, 0.15) is 0 Å². The van der Waals surface area contributed by atoms with Crippen molar-refractivity contribution in [1.29, 1.82) is 0 Å². The second-order valence-corrected chi connectivity index (χ2v) is 5.81. The van der Waals surface area contributed by atoms with Crippen molar-refractivity contribution in [2.24, 2.45) is 11.8 Å². The molecule has 0 saturated heterocycles. The Labute approximate surface area is 137 Å². The zero-order chi connectivity index (χ0) is 17.1. The predicted octanol–water partition coefficient (Wildman–Crippen LogP) is 8.19. The average Bonchev–Trinajstić information content (AvgIpc) is 3.02. The van der Waals surface area contributed by atoms with Gasteiger partial charge < -0.3 is 0 Å². The fourth-order valence-electron chi connectivity index (χ4n) is 1.99. The first-order valence-electron chi connectivity index (χ1n) is 9.29.